The van der Waals surface area contributed by atoms with Crippen molar-refractivity contribution >= 4 is 10.1 Å². The van der Waals surface area contributed by atoms with Crippen LogP contribution in [0.2, 0.25) is 0 Å². The van der Waals surface area contributed by atoms with Gasteiger partial charge in [0.15, 0.2) is 0 Å². The van der Waals surface area contributed by atoms with Crippen molar-refractivity contribution in [2.45, 2.75) is 31.8 Å². The predicted molar refractivity (Wildman–Crippen MR) is 89.8 cm³/mol. The van der Waals surface area contributed by atoms with Gasteiger partial charge in [0.1, 0.15) is 0 Å². The Labute approximate surface area is 138 Å². The van der Waals surface area contributed by atoms with Crippen molar-refractivity contribution in [3.63, 3.8) is 0 Å². The molecule has 0 radical (unpaired) electrons. The normalized spacial score (nSPS) is 11.6. The van der Waals surface area contributed by atoms with Crippen molar-refractivity contribution in [2.24, 2.45) is 0 Å². The second-order valence-electron chi connectivity index (χ2n) is 5.42. The number of rotatable bonds is 8. The van der Waals surface area contributed by atoms with Gasteiger partial charge in [-0.25, -0.2) is 0 Å². The second-order valence-corrected chi connectivity index (χ2v) is 7.04. The highest BCUT2D eigenvalue weighted by Gasteiger charge is 2.14. The van der Waals surface area contributed by atoms with Gasteiger partial charge in [-0.1, -0.05) is 42.0 Å². The zero-order valence-electron chi connectivity index (χ0n) is 13.5. The first-order valence-corrected chi connectivity index (χ1v) is 8.98. The fourth-order valence-corrected chi connectivity index (χ4v) is 3.00. The Morgan fingerprint density at radius 3 is 2.30 bits per heavy atom. The summed E-state index contributed by atoms with van der Waals surface area (Å²) in [5.41, 5.74) is 3.33. The molecule has 0 unspecified atom stereocenters. The molecular formula is C18H22O4S. The Morgan fingerprint density at radius 1 is 0.913 bits per heavy atom. The zero-order chi connectivity index (χ0) is 16.7. The summed E-state index contributed by atoms with van der Waals surface area (Å²) in [4.78, 5) is 0.184. The summed E-state index contributed by atoms with van der Waals surface area (Å²) in [7, 11) is -3.68. The number of aryl methyl sites for hydroxylation is 2. The van der Waals surface area contributed by atoms with Crippen molar-refractivity contribution in [1.82, 2.24) is 0 Å². The first-order valence-electron chi connectivity index (χ1n) is 7.57. The minimum absolute atomic E-state index is 0.115. The van der Waals surface area contributed by atoms with E-state index in [0.717, 1.165) is 11.1 Å². The highest BCUT2D eigenvalue weighted by Crippen LogP contribution is 2.13. The third-order valence-corrected chi connectivity index (χ3v) is 4.83. The zero-order valence-corrected chi connectivity index (χ0v) is 14.3. The number of benzene rings is 2. The summed E-state index contributed by atoms with van der Waals surface area (Å²) in [6.45, 7) is 5.04. The molecule has 2 aromatic carbocycles. The second kappa shape index (κ2) is 8.24. The van der Waals surface area contributed by atoms with Gasteiger partial charge in [-0.05, 0) is 43.5 Å². The summed E-state index contributed by atoms with van der Waals surface area (Å²) in [6, 6.07) is 14.6. The van der Waals surface area contributed by atoms with E-state index in [9.17, 15) is 8.42 Å². The largest absolute Gasteiger partial charge is 0.377 e. The van der Waals surface area contributed by atoms with Crippen molar-refractivity contribution in [2.75, 3.05) is 13.2 Å². The number of hydrogen-bond donors (Lipinski definition) is 0. The van der Waals surface area contributed by atoms with Crippen LogP contribution in [0, 0.1) is 13.8 Å². The Hall–Kier alpha value is -1.69. The first kappa shape index (κ1) is 17.7. The fourth-order valence-electron chi connectivity index (χ4n) is 2.06. The summed E-state index contributed by atoms with van der Waals surface area (Å²) < 4.78 is 34.5. The third kappa shape index (κ3) is 5.46. The maximum atomic E-state index is 12.0. The molecular weight excluding hydrogens is 312 g/mol. The van der Waals surface area contributed by atoms with Crippen LogP contribution in [0.15, 0.2) is 53.4 Å². The molecule has 0 N–H and O–H groups in total. The molecule has 0 saturated heterocycles. The molecule has 124 valence electrons. The van der Waals surface area contributed by atoms with Gasteiger partial charge in [0, 0.05) is 6.61 Å². The maximum absolute atomic E-state index is 12.0. The lowest BCUT2D eigenvalue weighted by Crippen LogP contribution is -2.09. The van der Waals surface area contributed by atoms with Crippen molar-refractivity contribution in [3.8, 4) is 0 Å². The molecule has 0 saturated carbocycles. The molecule has 23 heavy (non-hydrogen) atoms. The SMILES string of the molecule is Cc1ccc(S(=O)(=O)OCCCOCc2ccccc2C)cc1. The molecule has 0 heterocycles. The summed E-state index contributed by atoms with van der Waals surface area (Å²) in [5.74, 6) is 0. The van der Waals surface area contributed by atoms with Gasteiger partial charge >= 0.3 is 0 Å². The lowest BCUT2D eigenvalue weighted by atomic mass is 10.1. The quantitative estimate of drug-likeness (QED) is 0.546. The van der Waals surface area contributed by atoms with Crippen LogP contribution in [0.3, 0.4) is 0 Å². The molecule has 0 bridgehead atoms. The van der Waals surface area contributed by atoms with E-state index in [4.69, 9.17) is 8.92 Å². The highest BCUT2D eigenvalue weighted by molar-refractivity contribution is 7.86. The van der Waals surface area contributed by atoms with Crippen molar-refractivity contribution < 1.29 is 17.3 Å². The molecule has 2 rings (SSSR count). The van der Waals surface area contributed by atoms with E-state index in [-0.39, 0.29) is 11.5 Å². The lowest BCUT2D eigenvalue weighted by molar-refractivity contribution is 0.107. The average Bonchev–Trinajstić information content (AvgIpc) is 2.52. The van der Waals surface area contributed by atoms with E-state index in [1.807, 2.05) is 38.1 Å². The van der Waals surface area contributed by atoms with Gasteiger partial charge in [0.05, 0.1) is 18.1 Å². The van der Waals surface area contributed by atoms with Crippen LogP contribution in [-0.2, 0) is 25.6 Å². The van der Waals surface area contributed by atoms with Gasteiger partial charge in [0.25, 0.3) is 10.1 Å². The lowest BCUT2D eigenvalue weighted by Gasteiger charge is -2.08. The van der Waals surface area contributed by atoms with Crippen LogP contribution in [0.25, 0.3) is 0 Å². The Balaban J connectivity index is 1.71. The van der Waals surface area contributed by atoms with Crippen LogP contribution in [-0.4, -0.2) is 21.6 Å². The Morgan fingerprint density at radius 2 is 1.61 bits per heavy atom. The molecule has 0 fully saturated rings. The van der Waals surface area contributed by atoms with Crippen LogP contribution in [0.1, 0.15) is 23.1 Å². The van der Waals surface area contributed by atoms with Gasteiger partial charge < -0.3 is 4.74 Å². The van der Waals surface area contributed by atoms with Crippen molar-refractivity contribution in [1.29, 1.82) is 0 Å². The number of ether oxygens (including phenoxy) is 1. The van der Waals surface area contributed by atoms with E-state index in [2.05, 4.69) is 0 Å². The van der Waals surface area contributed by atoms with E-state index in [1.54, 1.807) is 24.3 Å². The molecule has 0 amide bonds. The van der Waals surface area contributed by atoms with Gasteiger partial charge in [0.2, 0.25) is 0 Å². The smallest absolute Gasteiger partial charge is 0.296 e. The van der Waals surface area contributed by atoms with Crippen molar-refractivity contribution in [3.05, 3.63) is 65.2 Å². The molecule has 0 aromatic heterocycles. The van der Waals surface area contributed by atoms with Gasteiger partial charge in [-0.3, -0.25) is 4.18 Å². The van der Waals surface area contributed by atoms with E-state index >= 15 is 0 Å². The topological polar surface area (TPSA) is 52.6 Å². The minimum Gasteiger partial charge on any atom is -0.377 e. The van der Waals surface area contributed by atoms with Crippen LogP contribution in [0.5, 0.6) is 0 Å². The van der Waals surface area contributed by atoms with Crippen LogP contribution < -0.4 is 0 Å². The molecule has 4 nitrogen and oxygen atoms in total. The highest BCUT2D eigenvalue weighted by atomic mass is 32.2. The first-order chi connectivity index (χ1) is 11.0. The fraction of sp³-hybridized carbons (Fsp3) is 0.333. The molecule has 0 aliphatic heterocycles. The van der Waals surface area contributed by atoms with Gasteiger partial charge in [-0.15, -0.1) is 0 Å². The molecule has 0 aliphatic rings. The van der Waals surface area contributed by atoms with E-state index in [1.165, 1.54) is 5.56 Å². The Bertz CT molecular complexity index is 721. The molecule has 2 aromatic rings. The monoisotopic (exact) mass is 334 g/mol. The van der Waals surface area contributed by atoms with Crippen LogP contribution in [0.4, 0.5) is 0 Å². The van der Waals surface area contributed by atoms with Crippen LogP contribution >= 0.6 is 0 Å². The average molecular weight is 334 g/mol. The molecule has 0 aliphatic carbocycles. The number of hydrogen-bond acceptors (Lipinski definition) is 4. The summed E-state index contributed by atoms with van der Waals surface area (Å²) in [6.07, 6.45) is 0.525. The maximum Gasteiger partial charge on any atom is 0.296 e. The molecule has 5 heteroatoms. The predicted octanol–water partition coefficient (Wildman–Crippen LogP) is 3.62. The molecule has 0 spiro atoms. The van der Waals surface area contributed by atoms with E-state index < -0.39 is 10.1 Å². The Kier molecular flexibility index (Phi) is 6.33. The molecule has 0 atom stereocenters. The van der Waals surface area contributed by atoms with E-state index in [0.29, 0.717) is 19.6 Å². The minimum atomic E-state index is -3.68. The standard InChI is InChI=1S/C18H22O4S/c1-15-8-10-18(11-9-15)23(19,20)22-13-5-12-21-14-17-7-4-3-6-16(17)2/h3-4,6-11H,5,12-14H2,1-2H3. The third-order valence-electron chi connectivity index (χ3n) is 3.50. The van der Waals surface area contributed by atoms with Gasteiger partial charge in [-0.2, -0.15) is 8.42 Å². The summed E-state index contributed by atoms with van der Waals surface area (Å²) >= 11 is 0. The summed E-state index contributed by atoms with van der Waals surface area (Å²) in [5, 5.41) is 0.